The van der Waals surface area contributed by atoms with Crippen LogP contribution in [0.25, 0.3) is 11.0 Å². The fourth-order valence-corrected chi connectivity index (χ4v) is 2.16. The lowest BCUT2D eigenvalue weighted by atomic mass is 10.1. The summed E-state index contributed by atoms with van der Waals surface area (Å²) >= 11 is 1.75. The third-order valence-electron chi connectivity index (χ3n) is 2.97. The number of para-hydroxylation sites is 1. The van der Waals surface area contributed by atoms with Gasteiger partial charge in [0.1, 0.15) is 0 Å². The smallest absolute Gasteiger partial charge is 0.337 e. The Morgan fingerprint density at radius 2 is 2.22 bits per heavy atom. The number of hydrogen-bond donors (Lipinski definition) is 1. The second-order valence-corrected chi connectivity index (χ2v) is 6.33. The van der Waals surface area contributed by atoms with Gasteiger partial charge in [-0.05, 0) is 32.2 Å². The summed E-state index contributed by atoms with van der Waals surface area (Å²) in [5.41, 5.74) is 1.74. The van der Waals surface area contributed by atoms with Crippen LogP contribution in [-0.2, 0) is 6.54 Å². The van der Waals surface area contributed by atoms with Crippen molar-refractivity contribution in [3.05, 3.63) is 30.1 Å². The lowest BCUT2D eigenvalue weighted by Crippen LogP contribution is -2.22. The maximum atomic E-state index is 11.3. The van der Waals surface area contributed by atoms with Crippen LogP contribution in [0.5, 0.6) is 0 Å². The van der Waals surface area contributed by atoms with E-state index in [1.54, 1.807) is 30.2 Å². The fraction of sp³-hybridized carbons (Fsp3) is 0.385. The highest BCUT2D eigenvalue weighted by Crippen LogP contribution is 2.26. The van der Waals surface area contributed by atoms with Crippen molar-refractivity contribution >= 4 is 28.8 Å². The molecule has 0 aliphatic carbocycles. The molecule has 1 heterocycles. The molecule has 0 fully saturated rings. The SMILES string of the molecule is CSC(C)(C)Cn1cnc2cccc(C(=O)O)c21. The zero-order chi connectivity index (χ0) is 13.3. The maximum Gasteiger partial charge on any atom is 0.337 e. The number of nitrogens with zero attached hydrogens (tertiary/aromatic N) is 2. The second kappa shape index (κ2) is 4.65. The number of aromatic nitrogens is 2. The zero-order valence-corrected chi connectivity index (χ0v) is 11.5. The van der Waals surface area contributed by atoms with Gasteiger partial charge in [0.25, 0.3) is 0 Å². The van der Waals surface area contributed by atoms with Gasteiger partial charge in [-0.15, -0.1) is 0 Å². The summed E-state index contributed by atoms with van der Waals surface area (Å²) in [5.74, 6) is -0.913. The molecule has 0 unspecified atom stereocenters. The summed E-state index contributed by atoms with van der Waals surface area (Å²) in [6.45, 7) is 4.99. The highest BCUT2D eigenvalue weighted by atomic mass is 32.2. The molecule has 0 aliphatic heterocycles. The molecule has 1 aromatic carbocycles. The number of hydrogen-bond acceptors (Lipinski definition) is 3. The largest absolute Gasteiger partial charge is 0.478 e. The van der Waals surface area contributed by atoms with E-state index in [9.17, 15) is 9.90 Å². The third kappa shape index (κ3) is 2.36. The molecule has 1 aromatic heterocycles. The summed E-state index contributed by atoms with van der Waals surface area (Å²) in [7, 11) is 0. The minimum atomic E-state index is -0.913. The van der Waals surface area contributed by atoms with Crippen LogP contribution in [0.4, 0.5) is 0 Å². The van der Waals surface area contributed by atoms with Crippen LogP contribution in [0.1, 0.15) is 24.2 Å². The molecule has 0 amide bonds. The van der Waals surface area contributed by atoms with E-state index >= 15 is 0 Å². The van der Waals surface area contributed by atoms with E-state index in [4.69, 9.17) is 0 Å². The lowest BCUT2D eigenvalue weighted by molar-refractivity contribution is 0.0698. The lowest BCUT2D eigenvalue weighted by Gasteiger charge is -2.23. The van der Waals surface area contributed by atoms with Crippen molar-refractivity contribution in [1.82, 2.24) is 9.55 Å². The van der Waals surface area contributed by atoms with Gasteiger partial charge in [-0.2, -0.15) is 11.8 Å². The van der Waals surface area contributed by atoms with Crippen LogP contribution < -0.4 is 0 Å². The Kier molecular flexibility index (Phi) is 3.34. The minimum absolute atomic E-state index is 0.0409. The first-order valence-electron chi connectivity index (χ1n) is 5.67. The molecule has 5 heteroatoms. The number of carboxylic acid groups (broad SMARTS) is 1. The van der Waals surface area contributed by atoms with E-state index in [0.717, 1.165) is 12.1 Å². The van der Waals surface area contributed by atoms with Gasteiger partial charge >= 0.3 is 5.97 Å². The minimum Gasteiger partial charge on any atom is -0.478 e. The topological polar surface area (TPSA) is 55.1 Å². The predicted molar refractivity (Wildman–Crippen MR) is 74.3 cm³/mol. The number of benzene rings is 1. The van der Waals surface area contributed by atoms with Gasteiger partial charge in [0.05, 0.1) is 22.9 Å². The van der Waals surface area contributed by atoms with Crippen LogP contribution in [0.15, 0.2) is 24.5 Å². The Morgan fingerprint density at radius 1 is 1.50 bits per heavy atom. The molecule has 2 aromatic rings. The highest BCUT2D eigenvalue weighted by molar-refractivity contribution is 7.99. The third-order valence-corrected chi connectivity index (χ3v) is 4.21. The Balaban J connectivity index is 2.55. The van der Waals surface area contributed by atoms with E-state index in [1.807, 2.05) is 10.6 Å². The number of rotatable bonds is 4. The number of imidazole rings is 1. The van der Waals surface area contributed by atoms with Crippen molar-refractivity contribution in [3.8, 4) is 0 Å². The molecule has 0 saturated carbocycles. The van der Waals surface area contributed by atoms with Gasteiger partial charge < -0.3 is 9.67 Å². The molecule has 96 valence electrons. The van der Waals surface area contributed by atoms with Gasteiger partial charge in [-0.25, -0.2) is 9.78 Å². The molecule has 0 bridgehead atoms. The van der Waals surface area contributed by atoms with Crippen LogP contribution in [0, 0.1) is 0 Å². The molecule has 0 aliphatic rings. The second-order valence-electron chi connectivity index (χ2n) is 4.81. The van der Waals surface area contributed by atoms with Crippen molar-refractivity contribution in [2.24, 2.45) is 0 Å². The van der Waals surface area contributed by atoms with Gasteiger partial charge in [0.15, 0.2) is 0 Å². The number of carbonyl (C=O) groups is 1. The monoisotopic (exact) mass is 264 g/mol. The summed E-state index contributed by atoms with van der Waals surface area (Å²) in [6, 6.07) is 5.18. The van der Waals surface area contributed by atoms with Crippen molar-refractivity contribution in [2.75, 3.05) is 6.26 Å². The molecule has 4 nitrogen and oxygen atoms in total. The molecule has 0 saturated heterocycles. The van der Waals surface area contributed by atoms with Gasteiger partial charge in [-0.1, -0.05) is 6.07 Å². The van der Waals surface area contributed by atoms with E-state index in [0.29, 0.717) is 11.1 Å². The zero-order valence-electron chi connectivity index (χ0n) is 10.7. The van der Waals surface area contributed by atoms with Crippen molar-refractivity contribution < 1.29 is 9.90 Å². The van der Waals surface area contributed by atoms with Gasteiger partial charge in [-0.3, -0.25) is 0 Å². The van der Waals surface area contributed by atoms with Crippen molar-refractivity contribution in [1.29, 1.82) is 0 Å². The molecule has 0 radical (unpaired) electrons. The Hall–Kier alpha value is -1.49. The Bertz CT molecular complexity index is 590. The number of thioether (sulfide) groups is 1. The molecule has 1 N–H and O–H groups in total. The van der Waals surface area contributed by atoms with E-state index in [2.05, 4.69) is 25.1 Å². The van der Waals surface area contributed by atoms with E-state index in [1.165, 1.54) is 0 Å². The quantitative estimate of drug-likeness (QED) is 0.922. The summed E-state index contributed by atoms with van der Waals surface area (Å²) in [5, 5.41) is 9.23. The number of carboxylic acids is 1. The summed E-state index contributed by atoms with van der Waals surface area (Å²) in [6.07, 6.45) is 3.77. The van der Waals surface area contributed by atoms with Crippen molar-refractivity contribution in [3.63, 3.8) is 0 Å². The van der Waals surface area contributed by atoms with Crippen LogP contribution >= 0.6 is 11.8 Å². The Labute approximate surface area is 110 Å². The Morgan fingerprint density at radius 3 is 2.83 bits per heavy atom. The molecule has 2 rings (SSSR count). The molecule has 18 heavy (non-hydrogen) atoms. The number of aromatic carboxylic acids is 1. The van der Waals surface area contributed by atoms with Crippen molar-refractivity contribution in [2.45, 2.75) is 25.1 Å². The van der Waals surface area contributed by atoms with Gasteiger partial charge in [0, 0.05) is 11.3 Å². The van der Waals surface area contributed by atoms with E-state index in [-0.39, 0.29) is 4.75 Å². The first kappa shape index (κ1) is 13.0. The molecular formula is C13H16N2O2S. The first-order chi connectivity index (χ1) is 8.44. The summed E-state index contributed by atoms with van der Waals surface area (Å²) < 4.78 is 1.97. The molecule has 0 spiro atoms. The number of fused-ring (bicyclic) bond motifs is 1. The normalized spacial score (nSPS) is 11.9. The predicted octanol–water partition coefficient (Wildman–Crippen LogP) is 2.88. The fourth-order valence-electron chi connectivity index (χ4n) is 1.89. The molecular weight excluding hydrogens is 248 g/mol. The standard InChI is InChI=1S/C13H16N2O2S/c1-13(2,18-3)7-15-8-14-10-6-4-5-9(11(10)15)12(16)17/h4-6,8H,7H2,1-3H3,(H,16,17). The average Bonchev–Trinajstić information content (AvgIpc) is 2.72. The highest BCUT2D eigenvalue weighted by Gasteiger charge is 2.20. The summed E-state index contributed by atoms with van der Waals surface area (Å²) in [4.78, 5) is 15.5. The van der Waals surface area contributed by atoms with Crippen LogP contribution in [0.2, 0.25) is 0 Å². The van der Waals surface area contributed by atoms with E-state index < -0.39 is 5.97 Å². The molecule has 0 atom stereocenters. The first-order valence-corrected chi connectivity index (χ1v) is 6.89. The van der Waals surface area contributed by atoms with Crippen LogP contribution in [0.3, 0.4) is 0 Å². The van der Waals surface area contributed by atoms with Gasteiger partial charge in [0.2, 0.25) is 0 Å². The van der Waals surface area contributed by atoms with Crippen LogP contribution in [-0.4, -0.2) is 31.6 Å². The maximum absolute atomic E-state index is 11.3. The average molecular weight is 264 g/mol.